The first-order valence-electron chi connectivity index (χ1n) is 14.9. The highest BCUT2D eigenvalue weighted by Crippen LogP contribution is 2.47. The highest BCUT2D eigenvalue weighted by Gasteiger charge is 2.55. The molecule has 0 spiro atoms. The zero-order valence-electron chi connectivity index (χ0n) is 23.3. The standard InChI is InChI=1S/C30H31ClF4N6O2/c31-25-21(33)22-20-27(38-29(36-22)42-15-30-9-4-10-39(30)13-17(32)11-30)41-14-18-7-8-19(40(18)12-16-5-2-1-3-6-16)23(41)24(26(34)35)43-28(20)37-25/h1-3,5-6,17-19,23-24,26H,4,7-15H2/t17-,18?,19?,23?,24?,30+/m1/s1. The Hall–Kier alpha value is -2.96. The Morgan fingerprint density at radius 1 is 1.12 bits per heavy atom. The second-order valence-corrected chi connectivity index (χ2v) is 12.8. The molecule has 1 aromatic carbocycles. The molecule has 4 saturated heterocycles. The van der Waals surface area contributed by atoms with Crippen LogP contribution in [0.25, 0.3) is 10.9 Å². The van der Waals surface area contributed by atoms with E-state index < -0.39 is 41.3 Å². The molecule has 43 heavy (non-hydrogen) atoms. The first-order chi connectivity index (χ1) is 20.8. The average molecular weight is 619 g/mol. The third-order valence-electron chi connectivity index (χ3n) is 10.1. The molecule has 0 amide bonds. The maximum Gasteiger partial charge on any atom is 0.319 e. The number of benzene rings is 1. The van der Waals surface area contributed by atoms with E-state index in [9.17, 15) is 13.2 Å². The first kappa shape index (κ1) is 27.6. The van der Waals surface area contributed by atoms with Gasteiger partial charge in [-0.05, 0) is 37.8 Å². The van der Waals surface area contributed by atoms with Crippen LogP contribution in [0.5, 0.6) is 11.9 Å². The van der Waals surface area contributed by atoms with E-state index in [0.29, 0.717) is 32.5 Å². The van der Waals surface area contributed by atoms with E-state index in [1.807, 2.05) is 35.2 Å². The average Bonchev–Trinajstić information content (AvgIpc) is 3.57. The van der Waals surface area contributed by atoms with Gasteiger partial charge in [-0.25, -0.2) is 17.6 Å². The molecule has 0 radical (unpaired) electrons. The number of fused-ring (bicyclic) bond motifs is 6. The second-order valence-electron chi connectivity index (χ2n) is 12.5. The molecule has 2 bridgehead atoms. The van der Waals surface area contributed by atoms with Crippen LogP contribution in [0.15, 0.2) is 30.3 Å². The molecule has 4 unspecified atom stereocenters. The largest absolute Gasteiger partial charge is 0.465 e. The fraction of sp³-hybridized carbons (Fsp3) is 0.567. The van der Waals surface area contributed by atoms with Crippen LogP contribution in [-0.2, 0) is 6.54 Å². The SMILES string of the molecule is Fc1c(Cl)nc2c3c(nc(OC[C@@]45CCCN4C[C@H](F)C5)nc13)N1CC3CCC(C1C(C(F)F)O2)N3Cc1ccccc1. The number of hydrogen-bond donors (Lipinski definition) is 0. The molecular formula is C30H31ClF4N6O2. The predicted molar refractivity (Wildman–Crippen MR) is 151 cm³/mol. The van der Waals surface area contributed by atoms with Crippen LogP contribution < -0.4 is 14.4 Å². The monoisotopic (exact) mass is 618 g/mol. The van der Waals surface area contributed by atoms with E-state index in [1.165, 1.54) is 0 Å². The summed E-state index contributed by atoms with van der Waals surface area (Å²) in [5.41, 5.74) is 0.427. The minimum atomic E-state index is -2.86. The molecule has 0 N–H and O–H groups in total. The van der Waals surface area contributed by atoms with Crippen molar-refractivity contribution in [3.63, 3.8) is 0 Å². The summed E-state index contributed by atoms with van der Waals surface area (Å²) in [5, 5.41) is -0.432. The maximum atomic E-state index is 15.6. The van der Waals surface area contributed by atoms with E-state index in [1.54, 1.807) is 0 Å². The van der Waals surface area contributed by atoms with Crippen LogP contribution in [0.3, 0.4) is 0 Å². The quantitative estimate of drug-likeness (QED) is 0.282. The molecule has 0 saturated carbocycles. The Balaban J connectivity index is 1.21. The van der Waals surface area contributed by atoms with Crippen LogP contribution in [0, 0.1) is 5.82 Å². The van der Waals surface area contributed by atoms with E-state index in [0.717, 1.165) is 31.4 Å². The Kier molecular flexibility index (Phi) is 6.61. The molecule has 6 atom stereocenters. The smallest absolute Gasteiger partial charge is 0.319 e. The van der Waals surface area contributed by atoms with Gasteiger partial charge in [0.15, 0.2) is 17.1 Å². The molecular weight excluding hydrogens is 588 g/mol. The molecule has 8 rings (SSSR count). The highest BCUT2D eigenvalue weighted by atomic mass is 35.5. The molecule has 3 aromatic rings. The summed E-state index contributed by atoms with van der Waals surface area (Å²) in [5.74, 6) is -0.872. The highest BCUT2D eigenvalue weighted by molar-refractivity contribution is 6.30. The minimum Gasteiger partial charge on any atom is -0.465 e. The Morgan fingerprint density at radius 2 is 1.95 bits per heavy atom. The number of ether oxygens (including phenoxy) is 2. The van der Waals surface area contributed by atoms with Gasteiger partial charge in [0.05, 0.1) is 11.6 Å². The van der Waals surface area contributed by atoms with Gasteiger partial charge in [0.1, 0.15) is 29.5 Å². The first-order valence-corrected chi connectivity index (χ1v) is 15.3. The van der Waals surface area contributed by atoms with Crippen molar-refractivity contribution in [3.8, 4) is 11.9 Å². The molecule has 13 heteroatoms. The number of hydrogen-bond acceptors (Lipinski definition) is 8. The third kappa shape index (κ3) is 4.42. The summed E-state index contributed by atoms with van der Waals surface area (Å²) in [6, 6.07) is 8.83. The lowest BCUT2D eigenvalue weighted by atomic mass is 9.95. The Morgan fingerprint density at radius 3 is 2.77 bits per heavy atom. The van der Waals surface area contributed by atoms with Gasteiger partial charge in [0.2, 0.25) is 5.88 Å². The van der Waals surface area contributed by atoms with Gasteiger partial charge < -0.3 is 14.4 Å². The van der Waals surface area contributed by atoms with Crippen molar-refractivity contribution in [3.05, 3.63) is 46.9 Å². The normalized spacial score (nSPS) is 31.8. The molecule has 4 fully saturated rings. The zero-order valence-corrected chi connectivity index (χ0v) is 24.1. The summed E-state index contributed by atoms with van der Waals surface area (Å²) < 4.78 is 71.7. The lowest BCUT2D eigenvalue weighted by Gasteiger charge is -2.48. The van der Waals surface area contributed by atoms with Crippen LogP contribution in [0.4, 0.5) is 23.4 Å². The number of rotatable bonds is 6. The number of halogens is 5. The molecule has 0 aliphatic carbocycles. The van der Waals surface area contributed by atoms with Gasteiger partial charge in [-0.3, -0.25) is 9.80 Å². The Labute approximate surface area is 250 Å². The van der Waals surface area contributed by atoms with Gasteiger partial charge in [0.25, 0.3) is 6.43 Å². The van der Waals surface area contributed by atoms with E-state index >= 15 is 4.39 Å². The van der Waals surface area contributed by atoms with Crippen molar-refractivity contribution in [1.82, 2.24) is 24.8 Å². The summed E-state index contributed by atoms with van der Waals surface area (Å²) in [7, 11) is 0. The Bertz CT molecular complexity index is 1550. The zero-order chi connectivity index (χ0) is 29.5. The maximum absolute atomic E-state index is 15.6. The fourth-order valence-electron chi connectivity index (χ4n) is 8.23. The summed E-state index contributed by atoms with van der Waals surface area (Å²) in [6.45, 7) is 2.29. The van der Waals surface area contributed by atoms with Crippen molar-refractivity contribution in [1.29, 1.82) is 0 Å². The molecule has 5 aliphatic heterocycles. The van der Waals surface area contributed by atoms with Crippen molar-refractivity contribution in [2.75, 3.05) is 31.1 Å². The van der Waals surface area contributed by atoms with Crippen molar-refractivity contribution in [2.45, 2.75) is 81.0 Å². The lowest BCUT2D eigenvalue weighted by Crippen LogP contribution is -2.65. The number of pyridine rings is 1. The molecule has 5 aliphatic rings. The van der Waals surface area contributed by atoms with Crippen molar-refractivity contribution < 1.29 is 27.0 Å². The number of piperazine rings is 1. The summed E-state index contributed by atoms with van der Waals surface area (Å²) in [4.78, 5) is 19.3. The van der Waals surface area contributed by atoms with Gasteiger partial charge in [-0.2, -0.15) is 15.0 Å². The molecule has 7 heterocycles. The number of alkyl halides is 3. The van der Waals surface area contributed by atoms with Crippen LogP contribution >= 0.6 is 11.6 Å². The van der Waals surface area contributed by atoms with Crippen molar-refractivity contribution >= 4 is 28.3 Å². The van der Waals surface area contributed by atoms with E-state index in [4.69, 9.17) is 26.1 Å². The van der Waals surface area contributed by atoms with E-state index in [-0.39, 0.29) is 47.3 Å². The molecule has 2 aromatic heterocycles. The predicted octanol–water partition coefficient (Wildman–Crippen LogP) is 5.02. The summed E-state index contributed by atoms with van der Waals surface area (Å²) >= 11 is 6.15. The van der Waals surface area contributed by atoms with Gasteiger partial charge in [-0.15, -0.1) is 0 Å². The lowest BCUT2D eigenvalue weighted by molar-refractivity contribution is -0.0309. The summed E-state index contributed by atoms with van der Waals surface area (Å²) in [6.07, 6.45) is -1.78. The van der Waals surface area contributed by atoms with E-state index in [2.05, 4.69) is 19.8 Å². The minimum absolute atomic E-state index is 0.0618. The van der Waals surface area contributed by atoms with Crippen LogP contribution in [-0.4, -0.2) is 93.4 Å². The number of anilines is 1. The third-order valence-corrected chi connectivity index (χ3v) is 10.3. The fourth-order valence-corrected chi connectivity index (χ4v) is 8.40. The van der Waals surface area contributed by atoms with Gasteiger partial charge in [0, 0.05) is 38.1 Å². The second kappa shape index (κ2) is 10.3. The van der Waals surface area contributed by atoms with Gasteiger partial charge in [-0.1, -0.05) is 41.9 Å². The molecule has 8 nitrogen and oxygen atoms in total. The topological polar surface area (TPSA) is 66.9 Å². The molecule has 228 valence electrons. The van der Waals surface area contributed by atoms with Crippen LogP contribution in [0.2, 0.25) is 5.15 Å². The van der Waals surface area contributed by atoms with Crippen molar-refractivity contribution in [2.24, 2.45) is 0 Å². The number of nitrogens with zero attached hydrogens (tertiary/aromatic N) is 6. The van der Waals surface area contributed by atoms with Gasteiger partial charge >= 0.3 is 6.01 Å². The van der Waals surface area contributed by atoms with Crippen LogP contribution in [0.1, 0.15) is 37.7 Å². The number of aromatic nitrogens is 3.